The molecular weight excluding hydrogens is 1140 g/mol. The molecule has 0 saturated carbocycles. The lowest BCUT2D eigenvalue weighted by Crippen LogP contribution is -2.62. The number of aromatic hydroxyl groups is 1. The van der Waals surface area contributed by atoms with Crippen molar-refractivity contribution in [1.82, 2.24) is 42.2 Å². The minimum atomic E-state index is -1.42. The molecule has 0 spiro atoms. The molecule has 87 heavy (non-hydrogen) atoms. The number of carbonyl (C=O) groups is 8. The Labute approximate surface area is 512 Å². The summed E-state index contributed by atoms with van der Waals surface area (Å²) in [4.78, 5) is 120. The first kappa shape index (κ1) is 64.3. The monoisotopic (exact) mass is 1220 g/mol. The molecule has 8 rings (SSSR count). The number of para-hydroxylation sites is 1. The number of hydrogen-bond donors (Lipinski definition) is 12. The molecule has 20 nitrogen and oxygen atoms in total. The average molecular weight is 1220 g/mol. The molecule has 1 saturated heterocycles. The molecule has 8 amide bonds. The standard InChI is InChI=1S/C65H75N11O9S2/c1-38(2)56-65(85)74-54(64(84)76-57(58(68)78)55(42-16-5-3-6-17-42)43-18-7-4-8-19-43)37-87-86-36-53(73-59(79)48(67)32-40-24-27-41-15-9-10-20-44(41)31-40)63(83)71-51(33-39-25-28-46(77)29-26-39)61(81)72-52(34-45-35-69-49-22-12-11-21-47(45)49)62(82)70-50(60(80)75-56)23-13-14-30-66/h3-12,15-22,24-29,31,35,38,48,50-57,69,77H,13-14,23,30,32-34,36-37,66-67H2,1-2H3,(H2,68,78)(H,70,82)(H,71,83)(H,72,81)(H,73,79)(H,74,85)(H,75,80)(H,76,84)/t48-,50-,51-,52+,53+,54-,56-,57+/m0/s1. The first-order chi connectivity index (χ1) is 42.0. The Morgan fingerprint density at radius 1 is 0.632 bits per heavy atom. The Morgan fingerprint density at radius 2 is 1.22 bits per heavy atom. The van der Waals surface area contributed by atoms with Crippen molar-refractivity contribution in [3.63, 3.8) is 0 Å². The number of hydrogen-bond acceptors (Lipinski definition) is 13. The highest BCUT2D eigenvalue weighted by Gasteiger charge is 2.38. The van der Waals surface area contributed by atoms with Crippen molar-refractivity contribution in [2.24, 2.45) is 23.1 Å². The van der Waals surface area contributed by atoms with Crippen molar-refractivity contribution in [3.8, 4) is 5.75 Å². The van der Waals surface area contributed by atoms with Gasteiger partial charge in [-0.25, -0.2) is 0 Å². The number of benzene rings is 6. The van der Waals surface area contributed by atoms with Crippen LogP contribution in [-0.2, 0) is 57.6 Å². The predicted octanol–water partition coefficient (Wildman–Crippen LogP) is 4.27. The summed E-state index contributed by atoms with van der Waals surface area (Å²) < 4.78 is 0. The molecule has 7 aromatic rings. The molecule has 0 unspecified atom stereocenters. The van der Waals surface area contributed by atoms with Gasteiger partial charge in [0.2, 0.25) is 47.3 Å². The second kappa shape index (κ2) is 31.1. The number of nitrogens with one attached hydrogen (secondary N) is 8. The normalized spacial score (nSPS) is 20.1. The number of aromatic amines is 1. The van der Waals surface area contributed by atoms with Gasteiger partial charge in [-0.2, -0.15) is 0 Å². The van der Waals surface area contributed by atoms with E-state index in [0.717, 1.165) is 48.8 Å². The number of aromatic nitrogens is 1. The SMILES string of the molecule is CC(C)[C@@H]1NC(=O)[C@H](CCCCN)NC(=O)[C@@H](Cc2c[nH]c3ccccc23)NC(=O)[C@H](Cc2ccc(O)cc2)NC(=O)[C@H](NC(=O)[C@@H](N)Cc2ccc3ccccc3c2)CSSC[C@@H](C(=O)N[C@@H](C(N)=O)C(c2ccccc2)c2ccccc2)NC1=O. The van der Waals surface area contributed by atoms with Crippen molar-refractivity contribution in [2.75, 3.05) is 18.1 Å². The summed E-state index contributed by atoms with van der Waals surface area (Å²) in [5.41, 5.74) is 22.7. The average Bonchev–Trinajstić information content (AvgIpc) is 3.24. The van der Waals surface area contributed by atoms with Gasteiger partial charge in [0.25, 0.3) is 0 Å². The third-order valence-corrected chi connectivity index (χ3v) is 17.7. The van der Waals surface area contributed by atoms with E-state index in [1.54, 1.807) is 56.4 Å². The number of primary amides is 1. The van der Waals surface area contributed by atoms with Crippen molar-refractivity contribution in [1.29, 1.82) is 0 Å². The van der Waals surface area contributed by atoms with Crippen LogP contribution in [0.5, 0.6) is 5.75 Å². The molecule has 1 aromatic heterocycles. The Morgan fingerprint density at radius 3 is 1.89 bits per heavy atom. The minimum Gasteiger partial charge on any atom is -0.508 e. The van der Waals surface area contributed by atoms with Gasteiger partial charge in [0.1, 0.15) is 48.0 Å². The van der Waals surface area contributed by atoms with Gasteiger partial charge in [-0.1, -0.05) is 169 Å². The van der Waals surface area contributed by atoms with E-state index in [2.05, 4.69) is 42.2 Å². The Kier molecular flexibility index (Phi) is 23.0. The predicted molar refractivity (Wildman–Crippen MR) is 340 cm³/mol. The largest absolute Gasteiger partial charge is 0.508 e. The summed E-state index contributed by atoms with van der Waals surface area (Å²) in [5, 5.41) is 32.8. The van der Waals surface area contributed by atoms with Crippen LogP contribution in [0.15, 0.2) is 158 Å². The van der Waals surface area contributed by atoms with Crippen molar-refractivity contribution in [3.05, 3.63) is 186 Å². The highest BCUT2D eigenvalue weighted by molar-refractivity contribution is 8.76. The van der Waals surface area contributed by atoms with E-state index in [1.165, 1.54) is 12.1 Å². The number of rotatable bonds is 19. The number of carbonyl (C=O) groups excluding carboxylic acids is 8. The summed E-state index contributed by atoms with van der Waals surface area (Å²) in [7, 11) is 2.13. The smallest absolute Gasteiger partial charge is 0.244 e. The van der Waals surface area contributed by atoms with Crippen LogP contribution < -0.4 is 54.4 Å². The van der Waals surface area contributed by atoms with Gasteiger partial charge < -0.3 is 64.5 Å². The quantitative estimate of drug-likeness (QED) is 0.0398. The van der Waals surface area contributed by atoms with Crippen LogP contribution in [0.4, 0.5) is 0 Å². The maximum Gasteiger partial charge on any atom is 0.244 e. The lowest BCUT2D eigenvalue weighted by Gasteiger charge is -2.30. The van der Waals surface area contributed by atoms with Crippen LogP contribution in [-0.4, -0.2) is 124 Å². The fourth-order valence-corrected chi connectivity index (χ4v) is 12.8. The molecular formula is C65H75N11O9S2. The zero-order valence-corrected chi connectivity index (χ0v) is 50.0. The van der Waals surface area contributed by atoms with Crippen molar-refractivity contribution < 1.29 is 43.5 Å². The molecule has 22 heteroatoms. The lowest BCUT2D eigenvalue weighted by molar-refractivity contribution is -0.136. The summed E-state index contributed by atoms with van der Waals surface area (Å²) in [5.74, 6) is -7.99. The van der Waals surface area contributed by atoms with Gasteiger partial charge in [0.15, 0.2) is 0 Å². The second-order valence-electron chi connectivity index (χ2n) is 22.0. The Bertz CT molecular complexity index is 3480. The molecule has 0 aliphatic carbocycles. The number of nitrogens with two attached hydrogens (primary N) is 3. The van der Waals surface area contributed by atoms with Gasteiger partial charge in [-0.15, -0.1) is 0 Å². The van der Waals surface area contributed by atoms with E-state index >= 15 is 4.79 Å². The molecule has 8 atom stereocenters. The molecule has 1 aliphatic heterocycles. The van der Waals surface area contributed by atoms with Crippen LogP contribution in [0.1, 0.15) is 66.8 Å². The lowest BCUT2D eigenvalue weighted by atomic mass is 9.84. The van der Waals surface area contributed by atoms with Crippen LogP contribution >= 0.6 is 21.6 Å². The summed E-state index contributed by atoms with van der Waals surface area (Å²) in [6, 6.07) is 34.3. The number of phenols is 1. The van der Waals surface area contributed by atoms with E-state index in [4.69, 9.17) is 17.2 Å². The van der Waals surface area contributed by atoms with Gasteiger partial charge in [-0.3, -0.25) is 38.4 Å². The third-order valence-electron chi connectivity index (χ3n) is 15.2. The summed E-state index contributed by atoms with van der Waals surface area (Å²) in [6.45, 7) is 3.68. The van der Waals surface area contributed by atoms with E-state index in [-0.39, 0.29) is 49.5 Å². The Balaban J connectivity index is 1.17. The highest BCUT2D eigenvalue weighted by Crippen LogP contribution is 2.30. The molecule has 456 valence electrons. The van der Waals surface area contributed by atoms with Gasteiger partial charge in [-0.05, 0) is 94.9 Å². The topological polar surface area (TPSA) is 335 Å². The van der Waals surface area contributed by atoms with Gasteiger partial charge >= 0.3 is 0 Å². The number of H-pyrrole nitrogens is 1. The fraction of sp³-hybridized carbons (Fsp3) is 0.323. The molecule has 1 fully saturated rings. The maximum absolute atomic E-state index is 15.0. The van der Waals surface area contributed by atoms with E-state index in [1.807, 2.05) is 103 Å². The van der Waals surface area contributed by atoms with E-state index in [0.29, 0.717) is 35.1 Å². The first-order valence-corrected chi connectivity index (χ1v) is 31.5. The molecule has 0 bridgehead atoms. The molecule has 6 aromatic carbocycles. The van der Waals surface area contributed by atoms with E-state index < -0.39 is 107 Å². The first-order valence-electron chi connectivity index (χ1n) is 29.0. The number of phenolic OH excluding ortho intramolecular Hbond substituents is 1. The zero-order valence-electron chi connectivity index (χ0n) is 48.4. The molecule has 0 radical (unpaired) electrons. The maximum atomic E-state index is 15.0. The second-order valence-corrected chi connectivity index (χ2v) is 24.6. The minimum absolute atomic E-state index is 0.0449. The van der Waals surface area contributed by atoms with Crippen molar-refractivity contribution in [2.45, 2.75) is 107 Å². The fourth-order valence-electron chi connectivity index (χ4n) is 10.5. The summed E-state index contributed by atoms with van der Waals surface area (Å²) in [6.07, 6.45) is 2.51. The van der Waals surface area contributed by atoms with Gasteiger partial charge in [0.05, 0.1) is 6.04 Å². The zero-order chi connectivity index (χ0) is 62.0. The van der Waals surface area contributed by atoms with E-state index in [9.17, 15) is 38.7 Å². The highest BCUT2D eigenvalue weighted by atomic mass is 33.1. The molecule has 2 heterocycles. The van der Waals surface area contributed by atoms with Crippen LogP contribution in [0.3, 0.4) is 0 Å². The number of amides is 8. The molecule has 15 N–H and O–H groups in total. The third kappa shape index (κ3) is 17.7. The summed E-state index contributed by atoms with van der Waals surface area (Å²) >= 11 is 0. The number of fused-ring (bicyclic) bond motifs is 2. The van der Waals surface area contributed by atoms with Crippen molar-refractivity contribution >= 4 is 90.5 Å². The number of unbranched alkanes of at least 4 members (excludes halogenated alkanes) is 1. The van der Waals surface area contributed by atoms with Crippen LogP contribution in [0.25, 0.3) is 21.7 Å². The molecule has 1 aliphatic rings. The Hall–Kier alpha value is -8.70. The van der Waals surface area contributed by atoms with Crippen LogP contribution in [0, 0.1) is 5.92 Å². The van der Waals surface area contributed by atoms with Gasteiger partial charge in [0, 0.05) is 47.4 Å². The van der Waals surface area contributed by atoms with Crippen LogP contribution in [0.2, 0.25) is 0 Å².